The van der Waals surface area contributed by atoms with Gasteiger partial charge >= 0.3 is 0 Å². The lowest BCUT2D eigenvalue weighted by Crippen LogP contribution is -2.30. The Morgan fingerprint density at radius 2 is 2.18 bits per heavy atom. The lowest BCUT2D eigenvalue weighted by molar-refractivity contribution is 0.0765. The average Bonchev–Trinajstić information content (AvgIpc) is 2.91. The molecule has 0 aliphatic carbocycles. The monoisotopic (exact) mass is 321 g/mol. The van der Waals surface area contributed by atoms with Gasteiger partial charge in [-0.25, -0.2) is 4.68 Å². The molecule has 1 amide bonds. The summed E-state index contributed by atoms with van der Waals surface area (Å²) in [4.78, 5) is 14.0. The first kappa shape index (κ1) is 16.5. The Balaban J connectivity index is 2.48. The molecule has 1 heterocycles. The Kier molecular flexibility index (Phi) is 5.21. The van der Waals surface area contributed by atoms with Crippen molar-refractivity contribution in [1.29, 1.82) is 0 Å². The Morgan fingerprint density at radius 1 is 1.45 bits per heavy atom. The Hall–Kier alpha value is -1.85. The summed E-state index contributed by atoms with van der Waals surface area (Å²) in [5.74, 6) is -0.0333. The number of nitrogens with zero attached hydrogens (tertiary/aromatic N) is 3. The van der Waals surface area contributed by atoms with Gasteiger partial charge in [0.05, 0.1) is 29.7 Å². The molecule has 0 radical (unpaired) electrons. The molecule has 1 aromatic heterocycles. The van der Waals surface area contributed by atoms with Crippen molar-refractivity contribution >= 4 is 17.5 Å². The van der Waals surface area contributed by atoms with Crippen molar-refractivity contribution in [1.82, 2.24) is 14.7 Å². The molecule has 0 bridgehead atoms. The Morgan fingerprint density at radius 3 is 2.77 bits per heavy atom. The lowest BCUT2D eigenvalue weighted by Gasteiger charge is -2.18. The molecule has 5 nitrogen and oxygen atoms in total. The summed E-state index contributed by atoms with van der Waals surface area (Å²) in [7, 11) is 1.67. The van der Waals surface area contributed by atoms with Crippen molar-refractivity contribution in [2.45, 2.75) is 19.8 Å². The van der Waals surface area contributed by atoms with E-state index in [4.69, 9.17) is 16.7 Å². The summed E-state index contributed by atoms with van der Waals surface area (Å²) in [6.07, 6.45) is 1.58. The van der Waals surface area contributed by atoms with Gasteiger partial charge in [0, 0.05) is 18.6 Å². The number of hydrogen-bond donors (Lipinski definition) is 1. The van der Waals surface area contributed by atoms with E-state index >= 15 is 0 Å². The minimum Gasteiger partial charge on any atom is -0.395 e. The van der Waals surface area contributed by atoms with Crippen LogP contribution in [0.2, 0.25) is 5.02 Å². The van der Waals surface area contributed by atoms with Crippen molar-refractivity contribution < 1.29 is 9.90 Å². The Labute approximate surface area is 135 Å². The fourth-order valence-corrected chi connectivity index (χ4v) is 2.53. The molecule has 0 aliphatic heterocycles. The SMILES string of the molecule is CC(C)c1c(C(=O)N(C)CCO)cnn1-c1cccc(Cl)c1. The van der Waals surface area contributed by atoms with E-state index < -0.39 is 0 Å². The standard InChI is InChI=1S/C16H20ClN3O2/c1-11(2)15-14(16(22)19(3)7-8-21)10-18-20(15)13-6-4-5-12(17)9-13/h4-6,9-11,21H,7-8H2,1-3H3. The second kappa shape index (κ2) is 6.94. The summed E-state index contributed by atoms with van der Waals surface area (Å²) in [5, 5.41) is 14.0. The highest BCUT2D eigenvalue weighted by Crippen LogP contribution is 2.25. The highest BCUT2D eigenvalue weighted by molar-refractivity contribution is 6.30. The van der Waals surface area contributed by atoms with E-state index in [1.54, 1.807) is 24.0 Å². The number of aliphatic hydroxyl groups excluding tert-OH is 1. The molecule has 0 unspecified atom stereocenters. The molecular weight excluding hydrogens is 302 g/mol. The molecule has 22 heavy (non-hydrogen) atoms. The predicted molar refractivity (Wildman–Crippen MR) is 86.7 cm³/mol. The highest BCUT2D eigenvalue weighted by Gasteiger charge is 2.23. The van der Waals surface area contributed by atoms with Gasteiger partial charge in [-0.1, -0.05) is 31.5 Å². The molecule has 0 fully saturated rings. The second-order valence-corrected chi connectivity index (χ2v) is 5.88. The average molecular weight is 322 g/mol. The molecule has 118 valence electrons. The summed E-state index contributed by atoms with van der Waals surface area (Å²) < 4.78 is 1.75. The van der Waals surface area contributed by atoms with Gasteiger partial charge in [-0.2, -0.15) is 5.10 Å². The molecule has 0 aliphatic rings. The quantitative estimate of drug-likeness (QED) is 0.921. The van der Waals surface area contributed by atoms with Gasteiger partial charge in [0.25, 0.3) is 5.91 Å². The number of aromatic nitrogens is 2. The van der Waals surface area contributed by atoms with Crippen LogP contribution in [0.25, 0.3) is 5.69 Å². The zero-order chi connectivity index (χ0) is 16.3. The number of carbonyl (C=O) groups excluding carboxylic acids is 1. The van der Waals surface area contributed by atoms with Crippen LogP contribution in [-0.4, -0.2) is 45.9 Å². The van der Waals surface area contributed by atoms with E-state index in [1.807, 2.05) is 32.0 Å². The maximum absolute atomic E-state index is 12.5. The zero-order valence-corrected chi connectivity index (χ0v) is 13.7. The smallest absolute Gasteiger partial charge is 0.257 e. The van der Waals surface area contributed by atoms with Crippen LogP contribution in [0.4, 0.5) is 0 Å². The van der Waals surface area contributed by atoms with Gasteiger partial charge in [-0.15, -0.1) is 0 Å². The van der Waals surface area contributed by atoms with Crippen LogP contribution in [0.3, 0.4) is 0 Å². The van der Waals surface area contributed by atoms with Crippen LogP contribution >= 0.6 is 11.6 Å². The van der Waals surface area contributed by atoms with Gasteiger partial charge in [0.1, 0.15) is 0 Å². The van der Waals surface area contributed by atoms with Crippen molar-refractivity contribution in [3.8, 4) is 5.69 Å². The highest BCUT2D eigenvalue weighted by atomic mass is 35.5. The van der Waals surface area contributed by atoms with Crippen LogP contribution in [0, 0.1) is 0 Å². The van der Waals surface area contributed by atoms with Crippen LogP contribution in [0.1, 0.15) is 35.8 Å². The number of halogens is 1. The fourth-order valence-electron chi connectivity index (χ4n) is 2.35. The van der Waals surface area contributed by atoms with Crippen LogP contribution in [0.15, 0.2) is 30.5 Å². The number of aliphatic hydroxyl groups is 1. The van der Waals surface area contributed by atoms with E-state index in [2.05, 4.69) is 5.10 Å². The third-order valence-corrected chi connectivity index (χ3v) is 3.65. The van der Waals surface area contributed by atoms with Crippen LogP contribution < -0.4 is 0 Å². The van der Waals surface area contributed by atoms with Gasteiger partial charge in [-0.05, 0) is 24.1 Å². The van der Waals surface area contributed by atoms with E-state index in [-0.39, 0.29) is 18.4 Å². The molecule has 1 aromatic carbocycles. The third kappa shape index (κ3) is 3.31. The van der Waals surface area contributed by atoms with Gasteiger partial charge in [-0.3, -0.25) is 4.79 Å². The summed E-state index contributed by atoms with van der Waals surface area (Å²) >= 11 is 6.04. The molecule has 0 saturated carbocycles. The third-order valence-electron chi connectivity index (χ3n) is 3.42. The van der Waals surface area contributed by atoms with Crippen molar-refractivity contribution in [2.75, 3.05) is 20.2 Å². The summed E-state index contributed by atoms with van der Waals surface area (Å²) in [5.41, 5.74) is 2.20. The molecule has 0 spiro atoms. The fraction of sp³-hybridized carbons (Fsp3) is 0.375. The summed E-state index contributed by atoms with van der Waals surface area (Å²) in [6.45, 7) is 4.25. The number of hydrogen-bond acceptors (Lipinski definition) is 3. The van der Waals surface area contributed by atoms with Crippen molar-refractivity contribution in [2.24, 2.45) is 0 Å². The first-order valence-electron chi connectivity index (χ1n) is 7.16. The Bertz CT molecular complexity index is 667. The molecule has 1 N–H and O–H groups in total. The zero-order valence-electron chi connectivity index (χ0n) is 13.0. The summed E-state index contributed by atoms with van der Waals surface area (Å²) in [6, 6.07) is 7.36. The topological polar surface area (TPSA) is 58.4 Å². The number of benzene rings is 1. The second-order valence-electron chi connectivity index (χ2n) is 5.44. The van der Waals surface area contributed by atoms with E-state index in [0.717, 1.165) is 11.4 Å². The van der Waals surface area contributed by atoms with Crippen molar-refractivity contribution in [3.63, 3.8) is 0 Å². The number of carbonyl (C=O) groups is 1. The largest absolute Gasteiger partial charge is 0.395 e. The first-order chi connectivity index (χ1) is 10.5. The van der Waals surface area contributed by atoms with Crippen LogP contribution in [0.5, 0.6) is 0 Å². The minimum atomic E-state index is -0.147. The normalized spacial score (nSPS) is 11.0. The minimum absolute atomic E-state index is 0.0678. The molecule has 0 saturated heterocycles. The molecule has 6 heteroatoms. The number of likely N-dealkylation sites (N-methyl/N-ethyl adjacent to an activating group) is 1. The molecule has 0 atom stereocenters. The van der Waals surface area contributed by atoms with Crippen LogP contribution in [-0.2, 0) is 0 Å². The maximum atomic E-state index is 12.5. The van der Waals surface area contributed by atoms with Gasteiger partial charge < -0.3 is 10.0 Å². The lowest BCUT2D eigenvalue weighted by atomic mass is 10.0. The van der Waals surface area contributed by atoms with E-state index in [1.165, 1.54) is 4.90 Å². The van der Waals surface area contributed by atoms with E-state index in [9.17, 15) is 4.79 Å². The first-order valence-corrected chi connectivity index (χ1v) is 7.53. The molecular formula is C16H20ClN3O2. The number of rotatable bonds is 5. The van der Waals surface area contributed by atoms with E-state index in [0.29, 0.717) is 17.1 Å². The predicted octanol–water partition coefficient (Wildman–Crippen LogP) is 2.71. The maximum Gasteiger partial charge on any atom is 0.257 e. The van der Waals surface area contributed by atoms with Gasteiger partial charge in [0.15, 0.2) is 0 Å². The number of amides is 1. The van der Waals surface area contributed by atoms with Crippen molar-refractivity contribution in [3.05, 3.63) is 46.7 Å². The van der Waals surface area contributed by atoms with Gasteiger partial charge in [0.2, 0.25) is 0 Å². The molecule has 2 rings (SSSR count). The molecule has 2 aromatic rings.